The molecule has 1 aliphatic rings. The lowest BCUT2D eigenvalue weighted by Crippen LogP contribution is -2.30. The summed E-state index contributed by atoms with van der Waals surface area (Å²) in [6, 6.07) is 13.2. The van der Waals surface area contributed by atoms with Crippen LogP contribution in [-0.2, 0) is 23.2 Å². The third-order valence-electron chi connectivity index (χ3n) is 6.98. The number of benzene rings is 1. The third-order valence-corrected chi connectivity index (χ3v) is 6.98. The highest BCUT2D eigenvalue weighted by molar-refractivity contribution is 5.70. The number of amides is 1. The Balaban J connectivity index is 1.43. The minimum atomic E-state index is -0.768. The molecule has 1 amide bonds. The van der Waals surface area contributed by atoms with Crippen LogP contribution in [0.1, 0.15) is 55.6 Å². The van der Waals surface area contributed by atoms with Gasteiger partial charge in [0, 0.05) is 14.1 Å². The molecule has 3 aromatic rings. The summed E-state index contributed by atoms with van der Waals surface area (Å²) >= 11 is 0. The Morgan fingerprint density at radius 1 is 1.19 bits per heavy atom. The Bertz CT molecular complexity index is 1250. The lowest BCUT2D eigenvalue weighted by molar-refractivity contribution is -0.143. The molecule has 2 aromatic heterocycles. The molecule has 0 saturated heterocycles. The maximum Gasteiger partial charge on any atom is 0.410 e. The van der Waals surface area contributed by atoms with Crippen LogP contribution in [0.5, 0.6) is 5.75 Å². The first-order chi connectivity index (χ1) is 17.7. The summed E-state index contributed by atoms with van der Waals surface area (Å²) in [5.74, 6) is -0.519. The molecule has 2 heterocycles. The molecule has 3 atom stereocenters. The summed E-state index contributed by atoms with van der Waals surface area (Å²) in [5.41, 5.74) is 3.40. The van der Waals surface area contributed by atoms with Crippen molar-refractivity contribution in [2.75, 3.05) is 7.05 Å². The summed E-state index contributed by atoms with van der Waals surface area (Å²) in [6.45, 7) is 3.77. The van der Waals surface area contributed by atoms with Crippen LogP contribution in [-0.4, -0.2) is 55.2 Å². The number of ether oxygens (including phenoxy) is 2. The minimum Gasteiger partial charge on any atom is -0.489 e. The van der Waals surface area contributed by atoms with Crippen molar-refractivity contribution in [2.45, 2.75) is 58.3 Å². The Kier molecular flexibility index (Phi) is 8.05. The number of nitrogens with zero attached hydrogens (tertiary/aromatic N) is 5. The Morgan fingerprint density at radius 2 is 1.95 bits per heavy atom. The van der Waals surface area contributed by atoms with Gasteiger partial charge in [0.15, 0.2) is 0 Å². The zero-order chi connectivity index (χ0) is 26.5. The van der Waals surface area contributed by atoms with Gasteiger partial charge in [-0.2, -0.15) is 0 Å². The first-order valence-corrected chi connectivity index (χ1v) is 12.4. The number of aryl methyl sites for hydroxylation is 2. The lowest BCUT2D eigenvalue weighted by Gasteiger charge is -2.27. The van der Waals surface area contributed by atoms with E-state index in [2.05, 4.69) is 15.3 Å². The van der Waals surface area contributed by atoms with Crippen LogP contribution in [0.25, 0.3) is 11.4 Å². The molecule has 10 heteroatoms. The SMILES string of the molecule is Cc1nc(-c2nnn(C)c2COC(=O)N(C)C(C)c2ccccc2)ccc1O[C@H]1CCC[C@H](C(=O)O)C1. The fraction of sp³-hybridized carbons (Fsp3) is 0.444. The molecule has 1 unspecified atom stereocenters. The van der Waals surface area contributed by atoms with Crippen molar-refractivity contribution >= 4 is 12.1 Å². The molecular formula is C27H33N5O5. The van der Waals surface area contributed by atoms with Crippen LogP contribution < -0.4 is 4.74 Å². The van der Waals surface area contributed by atoms with E-state index in [4.69, 9.17) is 9.47 Å². The molecule has 1 N–H and O–H groups in total. The predicted molar refractivity (Wildman–Crippen MR) is 136 cm³/mol. The topological polar surface area (TPSA) is 120 Å². The van der Waals surface area contributed by atoms with Crippen LogP contribution >= 0.6 is 0 Å². The molecule has 1 saturated carbocycles. The molecule has 0 bridgehead atoms. The van der Waals surface area contributed by atoms with Crippen molar-refractivity contribution in [3.63, 3.8) is 0 Å². The second kappa shape index (κ2) is 11.4. The highest BCUT2D eigenvalue weighted by Crippen LogP contribution is 2.30. The fourth-order valence-corrected chi connectivity index (χ4v) is 4.54. The smallest absolute Gasteiger partial charge is 0.410 e. The molecule has 1 fully saturated rings. The van der Waals surface area contributed by atoms with Crippen LogP contribution in [0.2, 0.25) is 0 Å². The van der Waals surface area contributed by atoms with E-state index in [1.165, 1.54) is 0 Å². The van der Waals surface area contributed by atoms with Gasteiger partial charge >= 0.3 is 12.1 Å². The summed E-state index contributed by atoms with van der Waals surface area (Å²) in [5, 5.41) is 17.7. The van der Waals surface area contributed by atoms with Crippen molar-refractivity contribution < 1.29 is 24.2 Å². The number of carboxylic acids is 1. The van der Waals surface area contributed by atoms with E-state index in [-0.39, 0.29) is 24.7 Å². The van der Waals surface area contributed by atoms with Gasteiger partial charge in [0.05, 0.1) is 29.5 Å². The van der Waals surface area contributed by atoms with Crippen LogP contribution in [0, 0.1) is 12.8 Å². The summed E-state index contributed by atoms with van der Waals surface area (Å²) in [7, 11) is 3.44. The van der Waals surface area contributed by atoms with Gasteiger partial charge in [-0.1, -0.05) is 35.5 Å². The normalized spacial score (nSPS) is 18.2. The number of hydrogen-bond acceptors (Lipinski definition) is 7. The van der Waals surface area contributed by atoms with E-state index in [0.717, 1.165) is 18.4 Å². The molecule has 0 aliphatic heterocycles. The largest absolute Gasteiger partial charge is 0.489 e. The Hall–Kier alpha value is -3.95. The van der Waals surface area contributed by atoms with Gasteiger partial charge in [-0.05, 0) is 57.2 Å². The maximum atomic E-state index is 12.7. The molecule has 196 valence electrons. The van der Waals surface area contributed by atoms with E-state index < -0.39 is 12.1 Å². The molecular weight excluding hydrogens is 474 g/mol. The van der Waals surface area contributed by atoms with E-state index >= 15 is 0 Å². The number of carboxylic acid groups (broad SMARTS) is 1. The van der Waals surface area contributed by atoms with E-state index in [0.29, 0.717) is 41.4 Å². The molecule has 0 spiro atoms. The van der Waals surface area contributed by atoms with Gasteiger partial charge in [-0.3, -0.25) is 4.79 Å². The zero-order valence-electron chi connectivity index (χ0n) is 21.6. The quantitative estimate of drug-likeness (QED) is 0.472. The van der Waals surface area contributed by atoms with Gasteiger partial charge in [-0.15, -0.1) is 5.10 Å². The lowest BCUT2D eigenvalue weighted by atomic mass is 9.87. The van der Waals surface area contributed by atoms with Crippen molar-refractivity contribution in [1.82, 2.24) is 24.9 Å². The van der Waals surface area contributed by atoms with Crippen LogP contribution in [0.4, 0.5) is 4.79 Å². The van der Waals surface area contributed by atoms with Crippen LogP contribution in [0.15, 0.2) is 42.5 Å². The monoisotopic (exact) mass is 507 g/mol. The number of carbonyl (C=O) groups is 2. The molecule has 37 heavy (non-hydrogen) atoms. The Labute approximate surface area is 216 Å². The maximum absolute atomic E-state index is 12.7. The Morgan fingerprint density at radius 3 is 2.65 bits per heavy atom. The van der Waals surface area contributed by atoms with E-state index in [9.17, 15) is 14.7 Å². The number of hydrogen-bond donors (Lipinski definition) is 1. The average molecular weight is 508 g/mol. The zero-order valence-corrected chi connectivity index (χ0v) is 21.6. The minimum absolute atomic E-state index is 0.0128. The number of aromatic nitrogens is 4. The van der Waals surface area contributed by atoms with Gasteiger partial charge in [-0.25, -0.2) is 14.5 Å². The van der Waals surface area contributed by atoms with Gasteiger partial charge in [0.2, 0.25) is 0 Å². The molecule has 1 aliphatic carbocycles. The van der Waals surface area contributed by atoms with Crippen molar-refractivity contribution in [1.29, 1.82) is 0 Å². The van der Waals surface area contributed by atoms with E-state index in [1.54, 1.807) is 29.7 Å². The summed E-state index contributed by atoms with van der Waals surface area (Å²) < 4.78 is 13.3. The molecule has 0 radical (unpaired) electrons. The molecule has 1 aromatic carbocycles. The molecule has 4 rings (SSSR count). The highest BCUT2D eigenvalue weighted by atomic mass is 16.6. The summed E-state index contributed by atoms with van der Waals surface area (Å²) in [4.78, 5) is 30.3. The van der Waals surface area contributed by atoms with Crippen molar-refractivity contribution in [2.24, 2.45) is 13.0 Å². The molecule has 10 nitrogen and oxygen atoms in total. The summed E-state index contributed by atoms with van der Waals surface area (Å²) in [6.07, 6.45) is 2.22. The van der Waals surface area contributed by atoms with Gasteiger partial charge in [0.25, 0.3) is 0 Å². The third kappa shape index (κ3) is 6.07. The number of pyridine rings is 1. The first kappa shape index (κ1) is 26.1. The number of rotatable bonds is 8. The van der Waals surface area contributed by atoms with Gasteiger partial charge < -0.3 is 19.5 Å². The number of carbonyl (C=O) groups excluding carboxylic acids is 1. The van der Waals surface area contributed by atoms with E-state index in [1.807, 2.05) is 50.2 Å². The van der Waals surface area contributed by atoms with Crippen LogP contribution in [0.3, 0.4) is 0 Å². The van der Waals surface area contributed by atoms with Gasteiger partial charge in [0.1, 0.15) is 23.7 Å². The second-order valence-electron chi connectivity index (χ2n) is 9.48. The highest BCUT2D eigenvalue weighted by Gasteiger charge is 2.29. The number of aliphatic carboxylic acids is 1. The van der Waals surface area contributed by atoms with Crippen molar-refractivity contribution in [3.8, 4) is 17.1 Å². The standard InChI is InChI=1S/C27H33N5O5/c1-17-24(37-21-12-8-11-20(15-21)26(33)34)14-13-22(28-17)25-23(32(4)30-29-25)16-36-27(35)31(3)18(2)19-9-6-5-7-10-19/h5-7,9-10,13-14,18,20-21H,8,11-12,15-16H2,1-4H3,(H,33,34)/t18?,20-,21-/m0/s1. The predicted octanol–water partition coefficient (Wildman–Crippen LogP) is 4.54. The fourth-order valence-electron chi connectivity index (χ4n) is 4.54. The second-order valence-corrected chi connectivity index (χ2v) is 9.48. The average Bonchev–Trinajstić information content (AvgIpc) is 3.28. The van der Waals surface area contributed by atoms with Crippen molar-refractivity contribution in [3.05, 3.63) is 59.4 Å². The first-order valence-electron chi connectivity index (χ1n) is 12.4.